The zero-order chi connectivity index (χ0) is 62.9. The lowest BCUT2D eigenvalue weighted by Crippen LogP contribution is -2.64. The Morgan fingerprint density at radius 1 is 0.309 bits per heavy atom. The number of fused-ring (bicyclic) bond motifs is 16. The van der Waals surface area contributed by atoms with Crippen LogP contribution in [0, 0.1) is 0 Å². The molecule has 4 aliphatic rings. The smallest absolute Gasteiger partial charge is 0.249 e. The van der Waals surface area contributed by atoms with E-state index in [9.17, 15) is 0 Å². The fraction of sp³-hybridized carbons (Fsp3) is 0.0930. The third-order valence-electron chi connectivity index (χ3n) is 20.3. The molecule has 0 bridgehead atoms. The summed E-state index contributed by atoms with van der Waals surface area (Å²) in [5.74, 6) is 0. The highest BCUT2D eigenvalue weighted by molar-refractivity contribution is 8.00. The Balaban J connectivity index is 0.970. The topological polar surface area (TPSA) is 32.8 Å². The molecule has 0 fully saturated rings. The fourth-order valence-corrected chi connectivity index (χ4v) is 18.3. The lowest BCUT2D eigenvalue weighted by Gasteiger charge is -2.45. The SMILES string of the molecule is CC(C)(C)c1cc(-c2cc3c4c(c2)N(c2ccccc2-c2ccccc2)c2cc5c(cc2B4c2ccc4c(oc6ccccc64)c2S3)B2c3ccc(-c4ccccc4)cc3Sc3c2c(cc2oc4ccccc4c32)N5c2ccccc2-c2ccccc2)cc(C(C)(C)C)c1. The summed E-state index contributed by atoms with van der Waals surface area (Å²) in [6.07, 6.45) is 0. The van der Waals surface area contributed by atoms with Crippen molar-refractivity contribution in [3.8, 4) is 44.5 Å². The van der Waals surface area contributed by atoms with Crippen LogP contribution in [0.2, 0.25) is 0 Å². The van der Waals surface area contributed by atoms with Gasteiger partial charge in [0.25, 0.3) is 0 Å². The molecule has 4 aliphatic heterocycles. The fourth-order valence-electron chi connectivity index (χ4n) is 15.7. The van der Waals surface area contributed by atoms with Crippen LogP contribution in [0.1, 0.15) is 52.7 Å². The Kier molecular flexibility index (Phi) is 12.2. The molecule has 0 saturated heterocycles. The quantitative estimate of drug-likeness (QED) is 0.154. The van der Waals surface area contributed by atoms with Gasteiger partial charge in [-0.05, 0) is 126 Å². The lowest BCUT2D eigenvalue weighted by molar-refractivity contribution is 0.569. The van der Waals surface area contributed by atoms with Crippen LogP contribution in [-0.4, -0.2) is 13.4 Å². The molecule has 0 saturated carbocycles. The predicted molar refractivity (Wildman–Crippen MR) is 400 cm³/mol. The molecule has 0 unspecified atom stereocenters. The number of nitrogens with zero attached hydrogens (tertiary/aromatic N) is 2. The second-order valence-corrected chi connectivity index (χ2v) is 30.0. The first-order chi connectivity index (χ1) is 45.9. The van der Waals surface area contributed by atoms with E-state index in [1.54, 1.807) is 0 Å². The summed E-state index contributed by atoms with van der Waals surface area (Å²) in [5, 5.41) is 4.55. The van der Waals surface area contributed by atoms with Crippen molar-refractivity contribution in [2.45, 2.75) is 72.0 Å². The zero-order valence-corrected chi connectivity index (χ0v) is 54.7. The highest BCUT2D eigenvalue weighted by atomic mass is 32.2. The summed E-state index contributed by atoms with van der Waals surface area (Å²) in [4.78, 5) is 10.2. The van der Waals surface area contributed by atoms with Crippen LogP contribution >= 0.6 is 23.5 Å². The second-order valence-electron chi connectivity index (χ2n) is 27.9. The summed E-state index contributed by atoms with van der Waals surface area (Å²) < 4.78 is 14.3. The molecule has 2 aromatic heterocycles. The van der Waals surface area contributed by atoms with Gasteiger partial charge in [0.15, 0.2) is 0 Å². The average Bonchev–Trinajstić information content (AvgIpc) is 1.08. The molecule has 0 radical (unpaired) electrons. The van der Waals surface area contributed by atoms with Gasteiger partial charge in [0.05, 0.1) is 16.3 Å². The summed E-state index contributed by atoms with van der Waals surface area (Å²) in [6.45, 7) is 13.7. The first-order valence-electron chi connectivity index (χ1n) is 32.8. The van der Waals surface area contributed by atoms with E-state index in [0.29, 0.717) is 0 Å². The van der Waals surface area contributed by atoms with Gasteiger partial charge in [-0.15, -0.1) is 0 Å². The maximum atomic E-state index is 7.16. The number of furan rings is 2. The van der Waals surface area contributed by atoms with Crippen molar-refractivity contribution in [3.05, 3.63) is 278 Å². The van der Waals surface area contributed by atoms with E-state index in [-0.39, 0.29) is 24.3 Å². The summed E-state index contributed by atoms with van der Waals surface area (Å²) >= 11 is 3.78. The normalized spacial score (nSPS) is 13.7. The highest BCUT2D eigenvalue weighted by Gasteiger charge is 2.48. The van der Waals surface area contributed by atoms with Crippen LogP contribution in [-0.2, 0) is 10.8 Å². The van der Waals surface area contributed by atoms with Crippen molar-refractivity contribution in [2.24, 2.45) is 0 Å². The van der Waals surface area contributed by atoms with E-state index in [0.717, 1.165) is 94.6 Å². The van der Waals surface area contributed by atoms with Gasteiger partial charge in [-0.2, -0.15) is 0 Å². The Morgan fingerprint density at radius 3 is 1.46 bits per heavy atom. The van der Waals surface area contributed by atoms with E-state index in [1.807, 2.05) is 23.5 Å². The Hall–Kier alpha value is -10.1. The molecule has 0 atom stereocenters. The van der Waals surface area contributed by atoms with Gasteiger partial charge >= 0.3 is 0 Å². The summed E-state index contributed by atoms with van der Waals surface area (Å²) in [6, 6.07) is 100. The standard InChI is InChI=1S/C86H62B2N2O2S2/c1-85(2,3)57-42-55(43-58(47-57)86(4,5)6)56-44-72-80-78(46-56)94-83-65(41-39-62-61-32-18-22-36-74(61)92-82(62)83)88(80)67-48-66-70(49-71(67)89(72)68-34-20-16-30-59(68)52-26-12-8-13-27-52)90(69-35-21-17-31-60(69)53-28-14-9-15-29-53)73-50-76-79(63-33-19-23-37-75(63)91-76)84-81(73)87(66)64-40-38-54(45-77(64)93-84)51-24-10-7-11-25-51/h7-50H,1-6H3. The number of para-hydroxylation sites is 4. The molecule has 0 amide bonds. The molecule has 8 heteroatoms. The molecular formula is C86H62B2N2O2S2. The van der Waals surface area contributed by atoms with Crippen molar-refractivity contribution in [2.75, 3.05) is 9.80 Å². The molecule has 6 heterocycles. The molecule has 0 N–H and O–H groups in total. The summed E-state index contributed by atoms with van der Waals surface area (Å²) in [7, 11) is 0. The average molecular weight is 1240 g/mol. The van der Waals surface area contributed by atoms with E-state index in [2.05, 4.69) is 318 Å². The van der Waals surface area contributed by atoms with Gasteiger partial charge in [-0.1, -0.05) is 288 Å². The van der Waals surface area contributed by atoms with E-state index < -0.39 is 0 Å². The number of rotatable bonds is 6. The Labute approximate surface area is 557 Å². The van der Waals surface area contributed by atoms with Crippen molar-refractivity contribution < 1.29 is 8.83 Å². The molecule has 13 aromatic carbocycles. The van der Waals surface area contributed by atoms with Crippen LogP contribution in [0.5, 0.6) is 0 Å². The van der Waals surface area contributed by atoms with Crippen molar-refractivity contribution in [1.29, 1.82) is 0 Å². The molecule has 15 aromatic rings. The molecule has 0 aliphatic carbocycles. The molecular weight excluding hydrogens is 1180 g/mol. The molecule has 94 heavy (non-hydrogen) atoms. The minimum atomic E-state index is -0.191. The number of benzene rings is 13. The molecule has 19 rings (SSSR count). The highest BCUT2D eigenvalue weighted by Crippen LogP contribution is 2.54. The van der Waals surface area contributed by atoms with Crippen molar-refractivity contribution in [3.63, 3.8) is 0 Å². The Bertz CT molecular complexity index is 5650. The second kappa shape index (κ2) is 20.7. The lowest BCUT2D eigenvalue weighted by atomic mass is 9.31. The number of hydrogen-bond donors (Lipinski definition) is 0. The van der Waals surface area contributed by atoms with Crippen LogP contribution in [0.4, 0.5) is 34.1 Å². The maximum absolute atomic E-state index is 7.16. The van der Waals surface area contributed by atoms with E-state index >= 15 is 0 Å². The Morgan fingerprint density at radius 2 is 0.819 bits per heavy atom. The van der Waals surface area contributed by atoms with Gasteiger partial charge in [0, 0.05) is 76.2 Å². The van der Waals surface area contributed by atoms with Gasteiger partial charge in [0.1, 0.15) is 22.3 Å². The van der Waals surface area contributed by atoms with Gasteiger partial charge in [-0.3, -0.25) is 0 Å². The zero-order valence-electron chi connectivity index (χ0n) is 53.1. The summed E-state index contributed by atoms with van der Waals surface area (Å²) in [5.41, 5.74) is 29.9. The molecule has 0 spiro atoms. The van der Waals surface area contributed by atoms with E-state index in [1.165, 1.54) is 91.4 Å². The van der Waals surface area contributed by atoms with Gasteiger partial charge < -0.3 is 18.6 Å². The third kappa shape index (κ3) is 8.44. The van der Waals surface area contributed by atoms with E-state index in [4.69, 9.17) is 8.83 Å². The monoisotopic (exact) mass is 1240 g/mol. The van der Waals surface area contributed by atoms with Crippen LogP contribution in [0.25, 0.3) is 88.4 Å². The minimum absolute atomic E-state index is 0.0921. The maximum Gasteiger partial charge on any atom is 0.249 e. The predicted octanol–water partition coefficient (Wildman–Crippen LogP) is 20.3. The van der Waals surface area contributed by atoms with Gasteiger partial charge in [0.2, 0.25) is 13.4 Å². The van der Waals surface area contributed by atoms with Crippen molar-refractivity contribution >= 4 is 148 Å². The largest absolute Gasteiger partial charge is 0.456 e. The molecule has 446 valence electrons. The number of anilines is 6. The minimum Gasteiger partial charge on any atom is -0.456 e. The third-order valence-corrected chi connectivity index (χ3v) is 22.6. The number of hydrogen-bond acceptors (Lipinski definition) is 6. The van der Waals surface area contributed by atoms with Crippen LogP contribution in [0.15, 0.2) is 295 Å². The molecule has 4 nitrogen and oxygen atoms in total. The van der Waals surface area contributed by atoms with Crippen molar-refractivity contribution in [1.82, 2.24) is 0 Å². The van der Waals surface area contributed by atoms with Gasteiger partial charge in [-0.25, -0.2) is 0 Å². The van der Waals surface area contributed by atoms with Crippen LogP contribution in [0.3, 0.4) is 0 Å². The first-order valence-corrected chi connectivity index (χ1v) is 34.4. The van der Waals surface area contributed by atoms with Crippen LogP contribution < -0.4 is 42.6 Å². The first kappa shape index (κ1) is 55.5.